The van der Waals surface area contributed by atoms with E-state index in [1.165, 1.54) is 0 Å². The van der Waals surface area contributed by atoms with Crippen LogP contribution in [0.25, 0.3) is 0 Å². The van der Waals surface area contributed by atoms with Gasteiger partial charge in [-0.2, -0.15) is 5.10 Å². The number of hydrogen-bond donors (Lipinski definition) is 2. The second kappa shape index (κ2) is 6.39. The number of rotatable bonds is 3. The molecule has 0 fully saturated rings. The minimum Gasteiger partial charge on any atom is -0.333 e. The van der Waals surface area contributed by atoms with Gasteiger partial charge in [0.05, 0.1) is 18.3 Å². The Morgan fingerprint density at radius 1 is 1.45 bits per heavy atom. The molecule has 2 aromatic rings. The van der Waals surface area contributed by atoms with Gasteiger partial charge in [-0.15, -0.1) is 11.8 Å². The number of para-hydroxylation sites is 1. The number of aromatic nitrogens is 3. The summed E-state index contributed by atoms with van der Waals surface area (Å²) in [6.07, 6.45) is 5.29. The van der Waals surface area contributed by atoms with Gasteiger partial charge in [-0.1, -0.05) is 12.1 Å². The molecule has 1 aliphatic heterocycles. The lowest BCUT2D eigenvalue weighted by Gasteiger charge is -2.24. The summed E-state index contributed by atoms with van der Waals surface area (Å²) >= 11 is 1.62. The average Bonchev–Trinajstić information content (AvgIpc) is 2.97. The molecule has 116 valence electrons. The molecule has 0 saturated heterocycles. The molecule has 0 spiro atoms. The Balaban J connectivity index is 1.64. The zero-order chi connectivity index (χ0) is 15.5. The van der Waals surface area contributed by atoms with Crippen LogP contribution < -0.4 is 10.6 Å². The van der Waals surface area contributed by atoms with E-state index in [9.17, 15) is 4.79 Å². The lowest BCUT2D eigenvalue weighted by atomic mass is 10.1. The van der Waals surface area contributed by atoms with Crippen molar-refractivity contribution in [1.82, 2.24) is 20.1 Å². The smallest absolute Gasteiger partial charge is 0.319 e. The highest BCUT2D eigenvalue weighted by atomic mass is 32.2. The topological polar surface area (TPSA) is 71.8 Å². The molecule has 7 heteroatoms. The minimum atomic E-state index is -0.168. The molecule has 1 aromatic heterocycles. The van der Waals surface area contributed by atoms with Crippen molar-refractivity contribution in [3.05, 3.63) is 35.9 Å². The second-order valence-corrected chi connectivity index (χ2v) is 6.19. The maximum atomic E-state index is 12.3. The van der Waals surface area contributed by atoms with Crippen LogP contribution in [-0.4, -0.2) is 33.1 Å². The van der Waals surface area contributed by atoms with Crippen molar-refractivity contribution in [3.8, 4) is 0 Å². The largest absolute Gasteiger partial charge is 0.333 e. The highest BCUT2D eigenvalue weighted by Crippen LogP contribution is 2.28. The molecule has 22 heavy (non-hydrogen) atoms. The Labute approximate surface area is 133 Å². The summed E-state index contributed by atoms with van der Waals surface area (Å²) in [5.41, 5.74) is 1.94. The second-order valence-electron chi connectivity index (χ2n) is 5.34. The number of nitrogens with one attached hydrogen (secondary N) is 2. The summed E-state index contributed by atoms with van der Waals surface area (Å²) < 4.78 is 1.86. The van der Waals surface area contributed by atoms with E-state index in [0.717, 1.165) is 34.8 Å². The van der Waals surface area contributed by atoms with E-state index in [2.05, 4.69) is 20.7 Å². The molecule has 0 radical (unpaired) electrons. The molecular formula is C15H19N5OS. The lowest BCUT2D eigenvalue weighted by molar-refractivity contribution is 0.243. The number of urea groups is 1. The summed E-state index contributed by atoms with van der Waals surface area (Å²) in [5.74, 6) is 0.988. The average molecular weight is 317 g/mol. The lowest BCUT2D eigenvalue weighted by Crippen LogP contribution is -2.43. The number of nitrogens with zero attached hydrogens (tertiary/aromatic N) is 3. The Bertz CT molecular complexity index is 684. The summed E-state index contributed by atoms with van der Waals surface area (Å²) in [6, 6.07) is 5.92. The predicted molar refractivity (Wildman–Crippen MR) is 87.2 cm³/mol. The Morgan fingerprint density at radius 2 is 2.32 bits per heavy atom. The third kappa shape index (κ3) is 3.09. The van der Waals surface area contributed by atoms with Gasteiger partial charge in [-0.25, -0.2) is 14.5 Å². The van der Waals surface area contributed by atoms with Crippen LogP contribution in [0.1, 0.15) is 17.8 Å². The molecule has 0 bridgehead atoms. The standard InChI is InChI=1S/C15H19N5OS/c1-10-4-3-5-12(22-2)14(10)19-15(21)18-11-6-7-13-16-9-17-20(13)8-11/h3-5,9,11H,6-8H2,1-2H3,(H2,18,19,21). The molecule has 2 heterocycles. The molecular weight excluding hydrogens is 298 g/mol. The maximum Gasteiger partial charge on any atom is 0.319 e. The Kier molecular flexibility index (Phi) is 4.33. The molecule has 1 aromatic carbocycles. The zero-order valence-corrected chi connectivity index (χ0v) is 13.5. The van der Waals surface area contributed by atoms with E-state index in [-0.39, 0.29) is 12.1 Å². The summed E-state index contributed by atoms with van der Waals surface area (Å²) in [6.45, 7) is 2.67. The van der Waals surface area contributed by atoms with Crippen LogP contribution >= 0.6 is 11.8 Å². The van der Waals surface area contributed by atoms with Gasteiger partial charge in [0, 0.05) is 11.3 Å². The molecule has 2 N–H and O–H groups in total. The highest BCUT2D eigenvalue weighted by molar-refractivity contribution is 7.98. The van der Waals surface area contributed by atoms with Gasteiger partial charge in [0.2, 0.25) is 0 Å². The third-order valence-electron chi connectivity index (χ3n) is 3.83. The van der Waals surface area contributed by atoms with Crippen LogP contribution in [0.15, 0.2) is 29.4 Å². The fourth-order valence-electron chi connectivity index (χ4n) is 2.66. The van der Waals surface area contributed by atoms with E-state index >= 15 is 0 Å². The van der Waals surface area contributed by atoms with E-state index in [1.54, 1.807) is 18.1 Å². The highest BCUT2D eigenvalue weighted by Gasteiger charge is 2.21. The number of amides is 2. The molecule has 1 atom stereocenters. The monoisotopic (exact) mass is 317 g/mol. The molecule has 3 rings (SSSR count). The van der Waals surface area contributed by atoms with E-state index in [0.29, 0.717) is 6.54 Å². The molecule has 2 amide bonds. The fraction of sp³-hybridized carbons (Fsp3) is 0.400. The van der Waals surface area contributed by atoms with Crippen molar-refractivity contribution in [2.45, 2.75) is 37.2 Å². The van der Waals surface area contributed by atoms with Crippen molar-refractivity contribution in [1.29, 1.82) is 0 Å². The van der Waals surface area contributed by atoms with Crippen molar-refractivity contribution in [3.63, 3.8) is 0 Å². The van der Waals surface area contributed by atoms with Crippen LogP contribution in [0.3, 0.4) is 0 Å². The number of aryl methyl sites for hydroxylation is 2. The zero-order valence-electron chi connectivity index (χ0n) is 12.7. The van der Waals surface area contributed by atoms with Gasteiger partial charge < -0.3 is 10.6 Å². The number of carbonyl (C=O) groups is 1. The van der Waals surface area contributed by atoms with Crippen molar-refractivity contribution in [2.75, 3.05) is 11.6 Å². The number of carbonyl (C=O) groups excluding carboxylic acids is 1. The number of thioether (sulfide) groups is 1. The van der Waals surface area contributed by atoms with E-state index in [4.69, 9.17) is 0 Å². The SMILES string of the molecule is CSc1cccc(C)c1NC(=O)NC1CCc2ncnn2C1. The summed E-state index contributed by atoms with van der Waals surface area (Å²) in [7, 11) is 0. The first-order valence-electron chi connectivity index (χ1n) is 7.25. The van der Waals surface area contributed by atoms with Crippen LogP contribution in [0, 0.1) is 6.92 Å². The summed E-state index contributed by atoms with van der Waals surface area (Å²) in [5, 5.41) is 10.2. The van der Waals surface area contributed by atoms with Crippen molar-refractivity contribution in [2.24, 2.45) is 0 Å². The predicted octanol–water partition coefficient (Wildman–Crippen LogP) is 2.44. The summed E-state index contributed by atoms with van der Waals surface area (Å²) in [4.78, 5) is 17.5. The van der Waals surface area contributed by atoms with Crippen LogP contribution in [0.2, 0.25) is 0 Å². The quantitative estimate of drug-likeness (QED) is 0.853. The van der Waals surface area contributed by atoms with Gasteiger partial charge in [0.1, 0.15) is 12.2 Å². The maximum absolute atomic E-state index is 12.3. The normalized spacial score (nSPS) is 16.9. The fourth-order valence-corrected chi connectivity index (χ4v) is 3.29. The molecule has 6 nitrogen and oxygen atoms in total. The molecule has 0 saturated carbocycles. The van der Waals surface area contributed by atoms with Crippen molar-refractivity contribution >= 4 is 23.5 Å². The van der Waals surface area contributed by atoms with Crippen LogP contribution in [-0.2, 0) is 13.0 Å². The van der Waals surface area contributed by atoms with Crippen LogP contribution in [0.4, 0.5) is 10.5 Å². The van der Waals surface area contributed by atoms with Crippen LogP contribution in [0.5, 0.6) is 0 Å². The minimum absolute atomic E-state index is 0.0796. The van der Waals surface area contributed by atoms with Gasteiger partial charge in [0.25, 0.3) is 0 Å². The van der Waals surface area contributed by atoms with Gasteiger partial charge >= 0.3 is 6.03 Å². The number of benzene rings is 1. The first-order valence-corrected chi connectivity index (χ1v) is 8.47. The van der Waals surface area contributed by atoms with E-state index in [1.807, 2.05) is 36.1 Å². The van der Waals surface area contributed by atoms with Gasteiger partial charge in [-0.05, 0) is 31.2 Å². The molecule has 1 unspecified atom stereocenters. The van der Waals surface area contributed by atoms with Crippen molar-refractivity contribution < 1.29 is 4.79 Å². The Hall–Kier alpha value is -2.02. The molecule has 1 aliphatic rings. The van der Waals surface area contributed by atoms with Gasteiger partial charge in [-0.3, -0.25) is 0 Å². The Morgan fingerprint density at radius 3 is 3.14 bits per heavy atom. The number of anilines is 1. The number of hydrogen-bond acceptors (Lipinski definition) is 4. The first-order chi connectivity index (χ1) is 10.7. The van der Waals surface area contributed by atoms with Gasteiger partial charge in [0.15, 0.2) is 0 Å². The number of fused-ring (bicyclic) bond motifs is 1. The third-order valence-corrected chi connectivity index (χ3v) is 4.61. The molecule has 0 aliphatic carbocycles. The van der Waals surface area contributed by atoms with E-state index < -0.39 is 0 Å². The first kappa shape index (κ1) is 14.9.